The van der Waals surface area contributed by atoms with Crippen molar-refractivity contribution in [3.05, 3.63) is 36.0 Å². The van der Waals surface area contributed by atoms with Gasteiger partial charge in [0.15, 0.2) is 0 Å². The van der Waals surface area contributed by atoms with Crippen molar-refractivity contribution < 1.29 is 9.59 Å². The summed E-state index contributed by atoms with van der Waals surface area (Å²) in [6, 6.07) is 7.35. The minimum absolute atomic E-state index is 0.104. The Morgan fingerprint density at radius 2 is 2.05 bits per heavy atom. The van der Waals surface area contributed by atoms with Crippen molar-refractivity contribution in [2.24, 2.45) is 0 Å². The second kappa shape index (κ2) is 5.77. The molecule has 2 N–H and O–H groups in total. The highest BCUT2D eigenvalue weighted by Gasteiger charge is 2.22. The number of hydrogen-bond acceptors (Lipinski definition) is 2. The van der Waals surface area contributed by atoms with E-state index >= 15 is 0 Å². The first-order valence-corrected chi connectivity index (χ1v) is 6.52. The van der Waals surface area contributed by atoms with Crippen LogP contribution in [0.5, 0.6) is 0 Å². The molecule has 2 amide bonds. The van der Waals surface area contributed by atoms with Crippen molar-refractivity contribution in [3.63, 3.8) is 0 Å². The van der Waals surface area contributed by atoms with Gasteiger partial charge < -0.3 is 15.2 Å². The number of carbonyl (C=O) groups is 2. The minimum Gasteiger partial charge on any atom is -0.361 e. The summed E-state index contributed by atoms with van der Waals surface area (Å²) in [6.45, 7) is 1.42. The summed E-state index contributed by atoms with van der Waals surface area (Å²) >= 11 is 0. The number of H-pyrrole nitrogens is 1. The fourth-order valence-electron chi connectivity index (χ4n) is 2.31. The Bertz CT molecular complexity index is 631. The van der Waals surface area contributed by atoms with Crippen molar-refractivity contribution in [2.75, 3.05) is 14.1 Å². The van der Waals surface area contributed by atoms with Crippen LogP contribution in [0.1, 0.15) is 12.5 Å². The first-order chi connectivity index (χ1) is 9.49. The molecule has 0 aliphatic rings. The van der Waals surface area contributed by atoms with Crippen LogP contribution in [0, 0.1) is 0 Å². The molecule has 1 aromatic heterocycles. The highest BCUT2D eigenvalue weighted by atomic mass is 16.2. The molecule has 0 saturated heterocycles. The molecule has 2 aromatic rings. The van der Waals surface area contributed by atoms with Crippen molar-refractivity contribution in [2.45, 2.75) is 19.4 Å². The van der Waals surface area contributed by atoms with Gasteiger partial charge in [0.1, 0.15) is 6.04 Å². The number of fused-ring (bicyclic) bond motifs is 1. The standard InChI is InChI=1S/C15H19N3O2/c1-10(19)17-14(15(20)18(2)3)9-11-5-4-6-13-12(11)7-8-16-13/h4-8,14,16H,9H2,1-3H3,(H,17,19)/t14-/m0/s1. The highest BCUT2D eigenvalue weighted by molar-refractivity contribution is 5.88. The SMILES string of the molecule is CC(=O)N[C@@H](Cc1cccc2[nH]ccc12)C(=O)N(C)C. The Morgan fingerprint density at radius 3 is 2.70 bits per heavy atom. The summed E-state index contributed by atoms with van der Waals surface area (Å²) in [4.78, 5) is 28.1. The summed E-state index contributed by atoms with van der Waals surface area (Å²) in [5.74, 6) is -0.306. The molecule has 0 aliphatic heterocycles. The number of rotatable bonds is 4. The van der Waals surface area contributed by atoms with E-state index in [-0.39, 0.29) is 11.8 Å². The van der Waals surface area contributed by atoms with Gasteiger partial charge in [-0.25, -0.2) is 0 Å². The van der Waals surface area contributed by atoms with Gasteiger partial charge in [0, 0.05) is 44.5 Å². The fraction of sp³-hybridized carbons (Fsp3) is 0.333. The van der Waals surface area contributed by atoms with Gasteiger partial charge in [0.2, 0.25) is 11.8 Å². The molecule has 0 spiro atoms. The Morgan fingerprint density at radius 1 is 1.30 bits per heavy atom. The molecule has 0 radical (unpaired) electrons. The molecule has 0 saturated carbocycles. The maximum atomic E-state index is 12.2. The number of nitrogens with one attached hydrogen (secondary N) is 2. The van der Waals surface area contributed by atoms with E-state index in [0.29, 0.717) is 6.42 Å². The number of benzene rings is 1. The number of likely N-dealkylation sites (N-methyl/N-ethyl adjacent to an activating group) is 1. The van der Waals surface area contributed by atoms with Crippen LogP contribution >= 0.6 is 0 Å². The van der Waals surface area contributed by atoms with Crippen molar-refractivity contribution >= 4 is 22.7 Å². The molecule has 106 valence electrons. The van der Waals surface area contributed by atoms with Crippen molar-refractivity contribution in [3.8, 4) is 0 Å². The summed E-state index contributed by atoms with van der Waals surface area (Å²) in [5, 5.41) is 3.80. The van der Waals surface area contributed by atoms with Crippen LogP contribution in [0.2, 0.25) is 0 Å². The molecule has 2 rings (SSSR count). The van der Waals surface area contributed by atoms with E-state index in [4.69, 9.17) is 0 Å². The summed E-state index contributed by atoms with van der Waals surface area (Å²) in [7, 11) is 3.38. The third kappa shape index (κ3) is 2.99. The predicted octanol–water partition coefficient (Wildman–Crippen LogP) is 1.30. The first kappa shape index (κ1) is 14.1. The first-order valence-electron chi connectivity index (χ1n) is 6.52. The quantitative estimate of drug-likeness (QED) is 0.882. The topological polar surface area (TPSA) is 65.2 Å². The Balaban J connectivity index is 2.29. The second-order valence-corrected chi connectivity index (χ2v) is 5.05. The zero-order valence-corrected chi connectivity index (χ0v) is 11.9. The number of carbonyl (C=O) groups excluding carboxylic acids is 2. The van der Waals surface area contributed by atoms with E-state index in [2.05, 4.69) is 10.3 Å². The zero-order chi connectivity index (χ0) is 14.7. The van der Waals surface area contributed by atoms with Crippen LogP contribution in [0.4, 0.5) is 0 Å². The summed E-state index contributed by atoms with van der Waals surface area (Å²) in [6.07, 6.45) is 2.35. The maximum Gasteiger partial charge on any atom is 0.244 e. The molecule has 5 nitrogen and oxygen atoms in total. The maximum absolute atomic E-state index is 12.2. The Hall–Kier alpha value is -2.30. The Kier molecular flexibility index (Phi) is 4.08. The van der Waals surface area contributed by atoms with Crippen LogP contribution in [-0.4, -0.2) is 41.8 Å². The molecule has 0 fully saturated rings. The molecule has 5 heteroatoms. The molecule has 0 aliphatic carbocycles. The number of amides is 2. The average molecular weight is 273 g/mol. The smallest absolute Gasteiger partial charge is 0.244 e. The lowest BCUT2D eigenvalue weighted by molar-refractivity contribution is -0.133. The van der Waals surface area contributed by atoms with Gasteiger partial charge in [0.25, 0.3) is 0 Å². The summed E-state index contributed by atoms with van der Waals surface area (Å²) < 4.78 is 0. The lowest BCUT2D eigenvalue weighted by Crippen LogP contribution is -2.46. The lowest BCUT2D eigenvalue weighted by Gasteiger charge is -2.21. The van der Waals surface area contributed by atoms with Gasteiger partial charge in [-0.3, -0.25) is 9.59 Å². The third-order valence-electron chi connectivity index (χ3n) is 3.23. The zero-order valence-electron chi connectivity index (χ0n) is 11.9. The number of aromatic nitrogens is 1. The molecule has 1 aromatic carbocycles. The molecule has 0 bridgehead atoms. The number of nitrogens with zero attached hydrogens (tertiary/aromatic N) is 1. The molecule has 1 heterocycles. The van der Waals surface area contributed by atoms with Gasteiger partial charge >= 0.3 is 0 Å². The third-order valence-corrected chi connectivity index (χ3v) is 3.23. The van der Waals surface area contributed by atoms with E-state index < -0.39 is 6.04 Å². The van der Waals surface area contributed by atoms with E-state index in [1.165, 1.54) is 11.8 Å². The van der Waals surface area contributed by atoms with Crippen LogP contribution < -0.4 is 5.32 Å². The van der Waals surface area contributed by atoms with E-state index in [9.17, 15) is 9.59 Å². The molecular formula is C15H19N3O2. The molecular weight excluding hydrogens is 254 g/mol. The largest absolute Gasteiger partial charge is 0.361 e. The van der Waals surface area contributed by atoms with E-state index in [1.807, 2.05) is 30.5 Å². The van der Waals surface area contributed by atoms with Crippen LogP contribution in [0.15, 0.2) is 30.5 Å². The highest BCUT2D eigenvalue weighted by Crippen LogP contribution is 2.19. The van der Waals surface area contributed by atoms with Gasteiger partial charge in [-0.1, -0.05) is 12.1 Å². The second-order valence-electron chi connectivity index (χ2n) is 5.05. The van der Waals surface area contributed by atoms with Gasteiger partial charge in [-0.2, -0.15) is 0 Å². The van der Waals surface area contributed by atoms with Gasteiger partial charge in [-0.15, -0.1) is 0 Å². The fourth-order valence-corrected chi connectivity index (χ4v) is 2.31. The minimum atomic E-state index is -0.539. The average Bonchev–Trinajstić information content (AvgIpc) is 2.85. The molecule has 20 heavy (non-hydrogen) atoms. The van der Waals surface area contributed by atoms with E-state index in [0.717, 1.165) is 16.5 Å². The van der Waals surface area contributed by atoms with Crippen LogP contribution in [-0.2, 0) is 16.0 Å². The van der Waals surface area contributed by atoms with Crippen molar-refractivity contribution in [1.29, 1.82) is 0 Å². The molecule has 0 unspecified atom stereocenters. The van der Waals surface area contributed by atoms with E-state index in [1.54, 1.807) is 14.1 Å². The normalized spacial score (nSPS) is 12.2. The summed E-state index contributed by atoms with van der Waals surface area (Å²) in [5.41, 5.74) is 2.07. The number of hydrogen-bond donors (Lipinski definition) is 2. The predicted molar refractivity (Wildman–Crippen MR) is 78.3 cm³/mol. The van der Waals surface area contributed by atoms with Crippen LogP contribution in [0.25, 0.3) is 10.9 Å². The Labute approximate surface area is 118 Å². The molecule has 1 atom stereocenters. The van der Waals surface area contributed by atoms with Gasteiger partial charge in [-0.05, 0) is 17.7 Å². The van der Waals surface area contributed by atoms with Gasteiger partial charge in [0.05, 0.1) is 0 Å². The van der Waals surface area contributed by atoms with Crippen molar-refractivity contribution in [1.82, 2.24) is 15.2 Å². The lowest BCUT2D eigenvalue weighted by atomic mass is 10.0. The van der Waals surface area contributed by atoms with Crippen LogP contribution in [0.3, 0.4) is 0 Å². The number of aromatic amines is 1. The monoisotopic (exact) mass is 273 g/mol.